The molecule has 0 amide bonds. The number of carbonyl (C=O) groups is 1. The Hall–Kier alpha value is -0.630. The summed E-state index contributed by atoms with van der Waals surface area (Å²) in [6.07, 6.45) is 3.99. The van der Waals surface area contributed by atoms with Gasteiger partial charge in [-0.05, 0) is 54.0 Å². The molecule has 0 bridgehead atoms. The van der Waals surface area contributed by atoms with Crippen molar-refractivity contribution in [3.63, 3.8) is 0 Å². The third-order valence-corrected chi connectivity index (χ3v) is 4.52. The second kappa shape index (κ2) is 4.93. The highest BCUT2D eigenvalue weighted by Crippen LogP contribution is 2.34. The number of Topliss-reactive ketones (excluding diaryl/α,β-unsaturated/α-hetero) is 1. The number of aryl methyl sites for hydroxylation is 1. The number of halogens is 1. The minimum Gasteiger partial charge on any atom is -0.293 e. The first-order valence-corrected chi connectivity index (χ1v) is 7.40. The van der Waals surface area contributed by atoms with Gasteiger partial charge in [0.25, 0.3) is 0 Å². The van der Waals surface area contributed by atoms with E-state index in [0.717, 1.165) is 31.2 Å². The van der Waals surface area contributed by atoms with E-state index < -0.39 is 0 Å². The van der Waals surface area contributed by atoms with Gasteiger partial charge in [0.1, 0.15) is 0 Å². The highest BCUT2D eigenvalue weighted by Gasteiger charge is 2.31. The monoisotopic (exact) mass is 294 g/mol. The quantitative estimate of drug-likeness (QED) is 0.774. The maximum Gasteiger partial charge on any atom is 0.177 e. The molecule has 0 N–H and O–H groups in total. The number of alkyl halides is 1. The van der Waals surface area contributed by atoms with Gasteiger partial charge < -0.3 is 0 Å². The summed E-state index contributed by atoms with van der Waals surface area (Å²) in [5.74, 6) is 0.270. The molecule has 0 radical (unpaired) electrons. The molecule has 1 unspecified atom stereocenters. The molecule has 1 aromatic carbocycles. The lowest BCUT2D eigenvalue weighted by Crippen LogP contribution is -2.06. The molecule has 0 saturated carbocycles. The van der Waals surface area contributed by atoms with Gasteiger partial charge in [-0.25, -0.2) is 0 Å². The first-order chi connectivity index (χ1) is 8.13. The molecule has 0 aromatic heterocycles. The smallest absolute Gasteiger partial charge is 0.177 e. The summed E-state index contributed by atoms with van der Waals surface area (Å²) in [4.78, 5) is 12.1. The zero-order chi connectivity index (χ0) is 12.6. The van der Waals surface area contributed by atoms with Crippen molar-refractivity contribution in [3.05, 3.63) is 33.9 Å². The van der Waals surface area contributed by atoms with Crippen LogP contribution in [0.5, 0.6) is 0 Å². The number of hydrogen-bond donors (Lipinski definition) is 0. The molecular weight excluding hydrogens is 276 g/mol. The molecule has 0 aliphatic heterocycles. The van der Waals surface area contributed by atoms with Crippen molar-refractivity contribution in [2.45, 2.75) is 51.3 Å². The van der Waals surface area contributed by atoms with Crippen LogP contribution in [-0.4, -0.2) is 10.6 Å². The zero-order valence-corrected chi connectivity index (χ0v) is 12.4. The Morgan fingerprint density at radius 3 is 2.35 bits per heavy atom. The minimum atomic E-state index is -0.000359. The molecule has 0 spiro atoms. The molecule has 0 fully saturated rings. The molecule has 2 rings (SSSR count). The molecule has 0 saturated heterocycles. The van der Waals surface area contributed by atoms with E-state index in [1.165, 1.54) is 22.3 Å². The Balaban J connectivity index is 2.68. The summed E-state index contributed by atoms with van der Waals surface area (Å²) in [6, 6.07) is 2.14. The highest BCUT2D eigenvalue weighted by atomic mass is 79.9. The van der Waals surface area contributed by atoms with Gasteiger partial charge in [-0.3, -0.25) is 4.79 Å². The predicted octanol–water partition coefficient (Wildman–Crippen LogP) is 3.88. The van der Waals surface area contributed by atoms with Gasteiger partial charge in [0.2, 0.25) is 0 Å². The molecule has 0 heterocycles. The van der Waals surface area contributed by atoms with Crippen molar-refractivity contribution in [1.82, 2.24) is 0 Å². The molecule has 1 aliphatic carbocycles. The Morgan fingerprint density at radius 2 is 1.82 bits per heavy atom. The van der Waals surface area contributed by atoms with Gasteiger partial charge in [0, 0.05) is 5.56 Å². The van der Waals surface area contributed by atoms with Crippen LogP contribution in [0.2, 0.25) is 0 Å². The van der Waals surface area contributed by atoms with Crippen LogP contribution >= 0.6 is 15.9 Å². The second-order valence-electron chi connectivity index (χ2n) is 4.62. The van der Waals surface area contributed by atoms with Gasteiger partial charge in [0.05, 0.1) is 4.83 Å². The van der Waals surface area contributed by atoms with E-state index in [9.17, 15) is 4.79 Å². The van der Waals surface area contributed by atoms with Crippen LogP contribution in [0.25, 0.3) is 0 Å². The van der Waals surface area contributed by atoms with Crippen molar-refractivity contribution in [1.29, 1.82) is 0 Å². The average Bonchev–Trinajstić information content (AvgIpc) is 2.63. The molecule has 1 aliphatic rings. The number of ketones is 1. The van der Waals surface area contributed by atoms with Gasteiger partial charge in [0.15, 0.2) is 5.78 Å². The summed E-state index contributed by atoms with van der Waals surface area (Å²) >= 11 is 3.49. The van der Waals surface area contributed by atoms with Gasteiger partial charge >= 0.3 is 0 Å². The SMILES string of the molecule is CCc1cc2c(c(CC)c1CC)CC(Br)C2=O. The summed E-state index contributed by atoms with van der Waals surface area (Å²) < 4.78 is 0. The van der Waals surface area contributed by atoms with Crippen molar-refractivity contribution in [2.75, 3.05) is 0 Å². The summed E-state index contributed by atoms with van der Waals surface area (Å²) in [6.45, 7) is 6.58. The molecule has 92 valence electrons. The van der Waals surface area contributed by atoms with E-state index >= 15 is 0 Å². The number of fused-ring (bicyclic) bond motifs is 1. The topological polar surface area (TPSA) is 17.1 Å². The Bertz CT molecular complexity index is 462. The summed E-state index contributed by atoms with van der Waals surface area (Å²) in [5.41, 5.74) is 6.53. The Morgan fingerprint density at radius 1 is 1.18 bits per heavy atom. The average molecular weight is 295 g/mol. The molecule has 1 nitrogen and oxygen atoms in total. The van der Waals surface area contributed by atoms with Gasteiger partial charge in [-0.1, -0.05) is 36.7 Å². The molecule has 1 aromatic rings. The maximum absolute atomic E-state index is 12.1. The van der Waals surface area contributed by atoms with Crippen LogP contribution in [0.1, 0.15) is 53.4 Å². The predicted molar refractivity (Wildman–Crippen MR) is 75.3 cm³/mol. The first kappa shape index (κ1) is 12.8. The van der Waals surface area contributed by atoms with E-state index in [0.29, 0.717) is 0 Å². The lowest BCUT2D eigenvalue weighted by atomic mass is 9.89. The molecular formula is C15H19BrO. The van der Waals surface area contributed by atoms with Crippen LogP contribution < -0.4 is 0 Å². The third kappa shape index (κ3) is 1.97. The molecule has 17 heavy (non-hydrogen) atoms. The lowest BCUT2D eigenvalue weighted by Gasteiger charge is -2.16. The van der Waals surface area contributed by atoms with Gasteiger partial charge in [-0.2, -0.15) is 0 Å². The number of hydrogen-bond acceptors (Lipinski definition) is 1. The molecule has 2 heteroatoms. The van der Waals surface area contributed by atoms with E-state index in [-0.39, 0.29) is 10.6 Å². The van der Waals surface area contributed by atoms with E-state index in [1.807, 2.05) is 0 Å². The number of benzene rings is 1. The van der Waals surface area contributed by atoms with Crippen LogP contribution in [0.15, 0.2) is 6.07 Å². The van der Waals surface area contributed by atoms with Crippen molar-refractivity contribution < 1.29 is 4.79 Å². The lowest BCUT2D eigenvalue weighted by molar-refractivity contribution is 0.100. The van der Waals surface area contributed by atoms with Crippen LogP contribution in [0, 0.1) is 0 Å². The summed E-state index contributed by atoms with van der Waals surface area (Å²) in [5, 5.41) is 0. The Labute approximate surface area is 112 Å². The molecule has 1 atom stereocenters. The largest absolute Gasteiger partial charge is 0.293 e. The van der Waals surface area contributed by atoms with Crippen LogP contribution in [-0.2, 0) is 25.7 Å². The first-order valence-electron chi connectivity index (χ1n) is 6.48. The standard InChI is InChI=1S/C15H19BrO/c1-4-9-7-13-12(8-14(16)15(13)17)11(6-3)10(9)5-2/h7,14H,4-6,8H2,1-3H3. The fraction of sp³-hybridized carbons (Fsp3) is 0.533. The van der Waals surface area contributed by atoms with Crippen LogP contribution in [0.3, 0.4) is 0 Å². The fourth-order valence-electron chi connectivity index (χ4n) is 2.96. The van der Waals surface area contributed by atoms with E-state index in [4.69, 9.17) is 0 Å². The number of rotatable bonds is 3. The minimum absolute atomic E-state index is 0.000359. The maximum atomic E-state index is 12.1. The van der Waals surface area contributed by atoms with E-state index in [1.54, 1.807) is 0 Å². The zero-order valence-electron chi connectivity index (χ0n) is 10.8. The van der Waals surface area contributed by atoms with Gasteiger partial charge in [-0.15, -0.1) is 0 Å². The van der Waals surface area contributed by atoms with Crippen molar-refractivity contribution in [2.24, 2.45) is 0 Å². The normalized spacial score (nSPS) is 18.6. The van der Waals surface area contributed by atoms with Crippen molar-refractivity contribution >= 4 is 21.7 Å². The van der Waals surface area contributed by atoms with Crippen molar-refractivity contribution in [3.8, 4) is 0 Å². The van der Waals surface area contributed by atoms with Crippen LogP contribution in [0.4, 0.5) is 0 Å². The van der Waals surface area contributed by atoms with E-state index in [2.05, 4.69) is 42.8 Å². The fourth-order valence-corrected chi connectivity index (χ4v) is 3.53. The third-order valence-electron chi connectivity index (χ3n) is 3.78. The second-order valence-corrected chi connectivity index (χ2v) is 5.72. The number of carbonyl (C=O) groups excluding carboxylic acids is 1. The Kier molecular flexibility index (Phi) is 3.72. The highest BCUT2D eigenvalue weighted by molar-refractivity contribution is 9.10. The summed E-state index contributed by atoms with van der Waals surface area (Å²) in [7, 11) is 0.